The van der Waals surface area contributed by atoms with Gasteiger partial charge in [-0.25, -0.2) is 0 Å². The van der Waals surface area contributed by atoms with Crippen LogP contribution >= 0.6 is 0 Å². The monoisotopic (exact) mass is 761 g/mol. The summed E-state index contributed by atoms with van der Waals surface area (Å²) in [6.45, 7) is 20.0. The van der Waals surface area contributed by atoms with Gasteiger partial charge in [0.1, 0.15) is 24.6 Å². The highest BCUT2D eigenvalue weighted by Crippen LogP contribution is 2.69. The van der Waals surface area contributed by atoms with Crippen molar-refractivity contribution in [3.8, 4) is 0 Å². The first-order chi connectivity index (χ1) is 25.8. The molecule has 7 nitrogen and oxygen atoms in total. The van der Waals surface area contributed by atoms with Crippen LogP contribution in [0, 0.1) is 73.9 Å². The van der Waals surface area contributed by atoms with Gasteiger partial charge in [0.2, 0.25) is 0 Å². The third-order valence-electron chi connectivity index (χ3n) is 18.4. The van der Waals surface area contributed by atoms with Crippen molar-refractivity contribution >= 4 is 23.9 Å². The second-order valence-electron chi connectivity index (χ2n) is 20.5. The van der Waals surface area contributed by atoms with Gasteiger partial charge in [-0.2, -0.15) is 0 Å². The first kappa shape index (κ1) is 42.4. The van der Waals surface area contributed by atoms with Gasteiger partial charge in [0.05, 0.1) is 23.7 Å². The Labute approximate surface area is 331 Å². The molecule has 16 atom stereocenters. The number of aliphatic hydroxyl groups excluding tert-OH is 2. The fourth-order valence-electron chi connectivity index (χ4n) is 14.2. The first-order valence-electron chi connectivity index (χ1n) is 21.5. The topological polar surface area (TPSA) is 110 Å². The number of aldehydes is 1. The third-order valence-corrected chi connectivity index (χ3v) is 18.4. The van der Waals surface area contributed by atoms with E-state index in [2.05, 4.69) is 91.8 Å². The summed E-state index contributed by atoms with van der Waals surface area (Å²) in [5.74, 6) is 2.10. The summed E-state index contributed by atoms with van der Waals surface area (Å²) in [5, 5.41) is 23.0. The zero-order valence-electron chi connectivity index (χ0n) is 35.6. The normalized spacial score (nSPS) is 49.5. The molecular formula is C48H72O7. The minimum atomic E-state index is -0.806. The predicted octanol–water partition coefficient (Wildman–Crippen LogP) is 9.13. The molecule has 306 valence electrons. The lowest BCUT2D eigenvalue weighted by Crippen LogP contribution is -2.63. The maximum Gasteiger partial charge on any atom is 0.146 e. The van der Waals surface area contributed by atoms with Gasteiger partial charge in [-0.1, -0.05) is 105 Å². The van der Waals surface area contributed by atoms with Gasteiger partial charge in [0.25, 0.3) is 0 Å². The molecular weight excluding hydrogens is 689 g/mol. The van der Waals surface area contributed by atoms with Gasteiger partial charge in [-0.15, -0.1) is 0 Å². The summed E-state index contributed by atoms with van der Waals surface area (Å²) in [6, 6.07) is 10.5. The number of hydrogen-bond donors (Lipinski definition) is 2. The highest BCUT2D eigenvalue weighted by atomic mass is 16.7. The van der Waals surface area contributed by atoms with E-state index in [1.807, 2.05) is 13.0 Å². The van der Waals surface area contributed by atoms with E-state index in [-0.39, 0.29) is 64.0 Å². The van der Waals surface area contributed by atoms with E-state index in [0.29, 0.717) is 42.8 Å². The van der Waals surface area contributed by atoms with E-state index in [9.17, 15) is 24.6 Å². The molecule has 2 N–H and O–H groups in total. The van der Waals surface area contributed by atoms with Gasteiger partial charge in [-0.3, -0.25) is 9.59 Å². The number of carbonyl (C=O) groups excluding carboxylic acids is 3. The Hall–Kier alpha value is -2.19. The number of ether oxygens (including phenoxy) is 2. The van der Waals surface area contributed by atoms with Crippen molar-refractivity contribution in [3.63, 3.8) is 0 Å². The number of methoxy groups -OCH3 is 1. The van der Waals surface area contributed by atoms with Crippen LogP contribution in [0.4, 0.5) is 0 Å². The van der Waals surface area contributed by atoms with Crippen LogP contribution in [0.2, 0.25) is 0 Å². The Morgan fingerprint density at radius 3 is 1.69 bits per heavy atom. The lowest BCUT2D eigenvalue weighted by molar-refractivity contribution is -0.217. The Balaban J connectivity index is 0.000000188. The van der Waals surface area contributed by atoms with Gasteiger partial charge in [-0.05, 0) is 103 Å². The standard InChI is InChI=1S/C27H38O2.C21H34O5/c1-18-11-15-27-16-13-22(28)24(27)26(18,5)23(29)17-25(4,19(2)20(27)3)14-12-21-9-7-6-8-10-21;1-13-6-8-21-9-7-15(23)17(21)20(13,4)16(24)10-19(3,11-22)18(14(21)2)26-12-25-5/h6-10,12,14,18-20,23-24,29H,11,13,15-17H2,1-5H3;11,13-14,16-18,24H,6-10,12H2,1-5H3/t18-,19+,20+,23-,24?,25-,26+,27?;13-,14+,16-,17?,18+,19+,20+,21?/m11/s1. The van der Waals surface area contributed by atoms with Gasteiger partial charge in [0.15, 0.2) is 0 Å². The SMILES string of the molecule is COCO[C@H]1[C@H](C)C23CCC(=O)C2[C@@](C)([C@H](C)CC3)[C@H](O)C[C@@]1(C)C=O.C[C@@H]1CCC23CCC(=O)C2[C@]1(C)[C@H](O)C[C@@](C)(C=Cc1ccccc1)[C@@H](C)[C@@H]3C. The van der Waals surface area contributed by atoms with Crippen molar-refractivity contribution in [1.29, 1.82) is 0 Å². The van der Waals surface area contributed by atoms with E-state index in [0.717, 1.165) is 51.2 Å². The van der Waals surface area contributed by atoms with E-state index in [1.165, 1.54) is 5.56 Å². The molecule has 6 aliphatic rings. The maximum absolute atomic E-state index is 13.2. The molecule has 0 amide bonds. The number of allylic oxidation sites excluding steroid dienone is 1. The summed E-state index contributed by atoms with van der Waals surface area (Å²) in [6.07, 6.45) is 12.4. The zero-order chi connectivity index (χ0) is 40.4. The van der Waals surface area contributed by atoms with E-state index in [4.69, 9.17) is 9.47 Å². The third kappa shape index (κ3) is 6.48. The molecule has 0 spiro atoms. The van der Waals surface area contributed by atoms with E-state index < -0.39 is 23.0 Å². The Bertz CT molecular complexity index is 1610. The summed E-state index contributed by atoms with van der Waals surface area (Å²) in [5.41, 5.74) is -0.658. The second-order valence-corrected chi connectivity index (χ2v) is 20.5. The van der Waals surface area contributed by atoms with Crippen LogP contribution in [0.1, 0.15) is 132 Å². The van der Waals surface area contributed by atoms with Crippen LogP contribution in [-0.4, -0.2) is 60.3 Å². The van der Waals surface area contributed by atoms with E-state index >= 15 is 0 Å². The summed E-state index contributed by atoms with van der Waals surface area (Å²) in [7, 11) is 1.57. The Morgan fingerprint density at radius 1 is 0.709 bits per heavy atom. The molecule has 6 saturated carbocycles. The average Bonchev–Trinajstić information content (AvgIpc) is 3.71. The molecule has 6 aliphatic carbocycles. The van der Waals surface area contributed by atoms with Crippen LogP contribution in [0.25, 0.3) is 6.08 Å². The minimum absolute atomic E-state index is 0.0221. The number of aliphatic hydroxyl groups is 2. The van der Waals surface area contributed by atoms with Crippen molar-refractivity contribution in [3.05, 3.63) is 42.0 Å². The zero-order valence-corrected chi connectivity index (χ0v) is 35.6. The smallest absolute Gasteiger partial charge is 0.146 e. The van der Waals surface area contributed by atoms with Crippen molar-refractivity contribution in [2.24, 2.45) is 73.9 Å². The fraction of sp³-hybridized carbons (Fsp3) is 0.771. The molecule has 4 bridgehead atoms. The molecule has 0 aromatic heterocycles. The number of rotatable bonds is 6. The highest BCUT2D eigenvalue weighted by molar-refractivity contribution is 5.86. The molecule has 0 saturated heterocycles. The largest absolute Gasteiger partial charge is 0.392 e. The van der Waals surface area contributed by atoms with Crippen molar-refractivity contribution in [2.75, 3.05) is 13.9 Å². The highest BCUT2D eigenvalue weighted by Gasteiger charge is 2.69. The molecule has 0 aliphatic heterocycles. The number of ketones is 2. The lowest BCUT2D eigenvalue weighted by Gasteiger charge is -2.62. The number of carbonyl (C=O) groups is 3. The Morgan fingerprint density at radius 2 is 1.20 bits per heavy atom. The lowest BCUT2D eigenvalue weighted by atomic mass is 9.42. The van der Waals surface area contributed by atoms with Crippen LogP contribution in [0.3, 0.4) is 0 Å². The van der Waals surface area contributed by atoms with Crippen molar-refractivity contribution in [2.45, 2.75) is 145 Å². The molecule has 7 rings (SSSR count). The van der Waals surface area contributed by atoms with Crippen molar-refractivity contribution in [1.82, 2.24) is 0 Å². The molecule has 55 heavy (non-hydrogen) atoms. The molecule has 6 fully saturated rings. The second kappa shape index (κ2) is 15.2. The van der Waals surface area contributed by atoms with Gasteiger partial charge in [0, 0.05) is 42.6 Å². The maximum atomic E-state index is 13.2. The molecule has 1 aromatic rings. The van der Waals surface area contributed by atoms with Crippen LogP contribution in [0.5, 0.6) is 0 Å². The Kier molecular flexibility index (Phi) is 11.7. The molecule has 7 heteroatoms. The first-order valence-corrected chi connectivity index (χ1v) is 21.5. The summed E-state index contributed by atoms with van der Waals surface area (Å²) in [4.78, 5) is 38.4. The van der Waals surface area contributed by atoms with E-state index in [1.54, 1.807) is 7.11 Å². The van der Waals surface area contributed by atoms with Crippen LogP contribution < -0.4 is 0 Å². The van der Waals surface area contributed by atoms with Crippen molar-refractivity contribution < 1.29 is 34.1 Å². The number of hydrogen-bond acceptors (Lipinski definition) is 7. The quantitative estimate of drug-likeness (QED) is 0.220. The van der Waals surface area contributed by atoms with Crippen LogP contribution in [-0.2, 0) is 23.9 Å². The minimum Gasteiger partial charge on any atom is -0.392 e. The average molecular weight is 761 g/mol. The van der Waals surface area contributed by atoms with Gasteiger partial charge < -0.3 is 24.5 Å². The summed E-state index contributed by atoms with van der Waals surface area (Å²) < 4.78 is 11.2. The molecule has 0 heterocycles. The molecule has 0 radical (unpaired) electrons. The van der Waals surface area contributed by atoms with Crippen LogP contribution in [0.15, 0.2) is 36.4 Å². The predicted molar refractivity (Wildman–Crippen MR) is 217 cm³/mol. The molecule has 1 aromatic carbocycles. The number of Topliss-reactive ketones (excluding diaryl/α,β-unsaturated/α-hetero) is 2. The molecule has 4 unspecified atom stereocenters. The number of benzene rings is 1. The van der Waals surface area contributed by atoms with Gasteiger partial charge >= 0.3 is 0 Å². The summed E-state index contributed by atoms with van der Waals surface area (Å²) >= 11 is 0. The fourth-order valence-corrected chi connectivity index (χ4v) is 14.2.